The summed E-state index contributed by atoms with van der Waals surface area (Å²) < 4.78 is 60.7. The second kappa shape index (κ2) is 28.1. The van der Waals surface area contributed by atoms with E-state index in [1.165, 1.54) is 43.5 Å². The molecule has 358 valence electrons. The predicted molar refractivity (Wildman–Crippen MR) is 238 cm³/mol. The molecule has 17 nitrogen and oxygen atoms in total. The van der Waals surface area contributed by atoms with Crippen molar-refractivity contribution in [2.24, 2.45) is 0 Å². The minimum Gasteiger partial charge on any atom is -0.456 e. The van der Waals surface area contributed by atoms with Crippen LogP contribution in [0.4, 0.5) is 9.59 Å². The van der Waals surface area contributed by atoms with Gasteiger partial charge in [0.1, 0.15) is 56.1 Å². The lowest BCUT2D eigenvalue weighted by Gasteiger charge is -2.45. The number of alkyl halides is 6. The largest absolute Gasteiger partial charge is 0.588 e. The number of phosphoric acid groups is 1. The van der Waals surface area contributed by atoms with Gasteiger partial charge in [0, 0.05) is 13.3 Å². The van der Waals surface area contributed by atoms with E-state index in [1.54, 1.807) is 36.4 Å². The second-order valence-corrected chi connectivity index (χ2v) is 20.6. The van der Waals surface area contributed by atoms with Gasteiger partial charge in [0.05, 0.1) is 0 Å². The summed E-state index contributed by atoms with van der Waals surface area (Å²) in [6.45, 7) is -0.00860. The zero-order chi connectivity index (χ0) is 47.2. The number of unbranched alkanes of at least 4 members (excludes halogenated alkanes) is 8. The Morgan fingerprint density at radius 1 is 0.703 bits per heavy atom. The topological polar surface area (TPSA) is 210 Å². The van der Waals surface area contributed by atoms with Gasteiger partial charge in [0.2, 0.25) is 19.8 Å². The zero-order valence-electron chi connectivity index (χ0n) is 34.9. The fourth-order valence-electron chi connectivity index (χ4n) is 5.86. The van der Waals surface area contributed by atoms with Gasteiger partial charge in [0.25, 0.3) is 0 Å². The molecule has 0 aromatic heterocycles. The molecule has 0 aliphatic carbocycles. The molecule has 0 saturated carbocycles. The lowest BCUT2D eigenvalue weighted by molar-refractivity contribution is -0.263. The molecule has 0 unspecified atom stereocenters. The number of alkyl carbamates (subject to hydrolysis) is 1. The summed E-state index contributed by atoms with van der Waals surface area (Å²) in [4.78, 5) is 64.9. The molecule has 2 aromatic rings. The number of hydrogen-bond donors (Lipinski definition) is 2. The highest BCUT2D eigenvalue weighted by molar-refractivity contribution is 7.49. The van der Waals surface area contributed by atoms with Crippen molar-refractivity contribution in [1.82, 2.24) is 10.6 Å². The van der Waals surface area contributed by atoms with Gasteiger partial charge in [-0.05, 0) is 30.7 Å². The summed E-state index contributed by atoms with van der Waals surface area (Å²) in [7, 11) is -5.00. The Hall–Kier alpha value is -3.12. The first-order valence-corrected chi connectivity index (χ1v) is 23.9. The summed E-state index contributed by atoms with van der Waals surface area (Å²) in [6.07, 6.45) is -0.921. The van der Waals surface area contributed by atoms with Crippen LogP contribution in [0, 0.1) is 0 Å². The third-order valence-electron chi connectivity index (χ3n) is 8.68. The lowest BCUT2D eigenvalue weighted by Crippen LogP contribution is -2.67. The first kappa shape index (κ1) is 55.2. The Bertz CT molecular complexity index is 1760. The van der Waals surface area contributed by atoms with Crippen molar-refractivity contribution in [2.75, 3.05) is 26.4 Å². The molecule has 5 atom stereocenters. The SMILES string of the molecule is CCCCCCCCCCCC(=O)NCC(=O)O[C@@H]1[C@H](NC(=O)OCC(Cl)(Cl)Cl)[C@@H](OC(C)=O)O[C@H](COC(=O)OCC(Cl)(Cl)Cl)[C@H]1OP(=O)(Oc1ccccc1)Oc1ccccc1. The van der Waals surface area contributed by atoms with Gasteiger partial charge >= 0.3 is 32.0 Å². The van der Waals surface area contributed by atoms with E-state index in [1.807, 2.05) is 0 Å². The van der Waals surface area contributed by atoms with Crippen LogP contribution in [0.1, 0.15) is 78.1 Å². The van der Waals surface area contributed by atoms with Gasteiger partial charge in [0.15, 0.2) is 6.10 Å². The van der Waals surface area contributed by atoms with Crippen LogP contribution < -0.4 is 19.7 Å². The first-order valence-electron chi connectivity index (χ1n) is 20.2. The highest BCUT2D eigenvalue weighted by atomic mass is 35.6. The van der Waals surface area contributed by atoms with Crippen molar-refractivity contribution < 1.29 is 70.5 Å². The van der Waals surface area contributed by atoms with Crippen molar-refractivity contribution in [3.8, 4) is 11.5 Å². The van der Waals surface area contributed by atoms with E-state index >= 15 is 0 Å². The van der Waals surface area contributed by atoms with Crippen LogP contribution in [-0.4, -0.2) is 94.7 Å². The highest BCUT2D eigenvalue weighted by Crippen LogP contribution is 2.52. The van der Waals surface area contributed by atoms with E-state index < -0.39 is 103 Å². The predicted octanol–water partition coefficient (Wildman–Crippen LogP) is 9.86. The van der Waals surface area contributed by atoms with E-state index in [0.717, 1.165) is 39.0 Å². The summed E-state index contributed by atoms with van der Waals surface area (Å²) in [5, 5.41) is 4.82. The number of para-hydroxylation sites is 2. The molecule has 1 saturated heterocycles. The molecule has 1 heterocycles. The Kier molecular flexibility index (Phi) is 24.3. The Morgan fingerprint density at radius 3 is 1.77 bits per heavy atom. The van der Waals surface area contributed by atoms with E-state index in [4.69, 9.17) is 112 Å². The number of rotatable bonds is 25. The summed E-state index contributed by atoms with van der Waals surface area (Å²) in [5.74, 6) is -2.61. The molecule has 1 aliphatic rings. The first-order chi connectivity index (χ1) is 30.3. The van der Waals surface area contributed by atoms with Crippen LogP contribution in [0.15, 0.2) is 60.7 Å². The van der Waals surface area contributed by atoms with E-state index in [2.05, 4.69) is 17.6 Å². The molecule has 0 radical (unpaired) electrons. The molecule has 1 aliphatic heterocycles. The number of ether oxygens (including phenoxy) is 6. The monoisotopic (exact) mass is 1040 g/mol. The van der Waals surface area contributed by atoms with Gasteiger partial charge in [-0.25, -0.2) is 14.2 Å². The maximum absolute atomic E-state index is 14.9. The number of esters is 2. The number of nitrogens with one attached hydrogen (secondary N) is 2. The summed E-state index contributed by atoms with van der Waals surface area (Å²) in [5.41, 5.74) is 0. The van der Waals surface area contributed by atoms with Crippen LogP contribution >= 0.6 is 77.4 Å². The van der Waals surface area contributed by atoms with Crippen molar-refractivity contribution in [3.63, 3.8) is 0 Å². The fraction of sp³-hybridized carbons (Fsp3) is 0.575. The molecular weight excluding hydrogens is 992 g/mol. The minimum atomic E-state index is -5.00. The number of carbonyl (C=O) groups excluding carboxylic acids is 5. The van der Waals surface area contributed by atoms with Gasteiger partial charge in [-0.1, -0.05) is 164 Å². The molecule has 2 aromatic carbocycles. The number of hydrogen-bond acceptors (Lipinski definition) is 15. The van der Waals surface area contributed by atoms with Crippen LogP contribution in [0.5, 0.6) is 11.5 Å². The van der Waals surface area contributed by atoms with Gasteiger partial charge in [-0.3, -0.25) is 18.9 Å². The molecule has 2 amide bonds. The smallest absolute Gasteiger partial charge is 0.456 e. The van der Waals surface area contributed by atoms with Crippen molar-refractivity contribution in [3.05, 3.63) is 60.7 Å². The average Bonchev–Trinajstić information content (AvgIpc) is 3.22. The average molecular weight is 1040 g/mol. The highest BCUT2D eigenvalue weighted by Gasteiger charge is 2.55. The number of halogens is 6. The molecule has 1 fully saturated rings. The third-order valence-corrected chi connectivity index (χ3v) is 10.7. The minimum absolute atomic E-state index is 0.0208. The number of benzene rings is 2. The van der Waals surface area contributed by atoms with E-state index in [-0.39, 0.29) is 17.9 Å². The fourth-order valence-corrected chi connectivity index (χ4v) is 7.62. The van der Waals surface area contributed by atoms with Gasteiger partial charge < -0.3 is 48.1 Å². The molecule has 0 bridgehead atoms. The number of phosphoric ester groups is 1. The summed E-state index contributed by atoms with van der Waals surface area (Å²) in [6, 6.07) is 13.5. The standard InChI is InChI=1S/C40H51Cl6N2O15P/c1-3-4-5-6-7-8-9-10-17-22-31(50)47-23-32(51)60-35-33(48-37(52)56-25-39(41,42)43)36(58-27(2)49)59-30(24-55-38(53)57-26-40(44,45)46)34(35)63-64(54,61-28-18-13-11-14-19-28)62-29-20-15-12-16-21-29/h11-16,18-21,30,33-36H,3-10,17,22-26H2,1-2H3,(H,47,50)(H,48,52)/t30-,33+,34-,35-,36+/m1/s1. The van der Waals surface area contributed by atoms with Crippen molar-refractivity contribution >= 4 is 108 Å². The van der Waals surface area contributed by atoms with Crippen LogP contribution in [0.25, 0.3) is 0 Å². The second-order valence-electron chi connectivity index (χ2n) is 14.1. The zero-order valence-corrected chi connectivity index (χ0v) is 40.3. The van der Waals surface area contributed by atoms with Gasteiger partial charge in [-0.2, -0.15) is 0 Å². The van der Waals surface area contributed by atoms with Gasteiger partial charge in [-0.15, -0.1) is 0 Å². The van der Waals surface area contributed by atoms with E-state index in [0.29, 0.717) is 6.42 Å². The Morgan fingerprint density at radius 2 is 1.23 bits per heavy atom. The Balaban J connectivity index is 2.01. The molecule has 3 rings (SSSR count). The maximum Gasteiger partial charge on any atom is 0.588 e. The van der Waals surface area contributed by atoms with Crippen molar-refractivity contribution in [1.29, 1.82) is 0 Å². The molecule has 2 N–H and O–H groups in total. The van der Waals surface area contributed by atoms with Crippen LogP contribution in [-0.2, 0) is 51.9 Å². The molecule has 0 spiro atoms. The van der Waals surface area contributed by atoms with Crippen LogP contribution in [0.2, 0.25) is 0 Å². The Labute approximate surface area is 401 Å². The number of carbonyl (C=O) groups is 5. The summed E-state index contributed by atoms with van der Waals surface area (Å²) >= 11 is 34.5. The van der Waals surface area contributed by atoms with Crippen LogP contribution in [0.3, 0.4) is 0 Å². The lowest BCUT2D eigenvalue weighted by atomic mass is 9.96. The molecule has 64 heavy (non-hydrogen) atoms. The molecular formula is C40H51Cl6N2O15P. The number of amides is 2. The third kappa shape index (κ3) is 22.9. The molecule has 24 heteroatoms. The quantitative estimate of drug-likeness (QED) is 0.0312. The normalized spacial score (nSPS) is 18.8. The maximum atomic E-state index is 14.9. The van der Waals surface area contributed by atoms with Crippen molar-refractivity contribution in [2.45, 2.75) is 116 Å². The van der Waals surface area contributed by atoms with E-state index in [9.17, 15) is 28.5 Å².